The van der Waals surface area contributed by atoms with Crippen LogP contribution in [0.2, 0.25) is 0 Å². The molecule has 0 amide bonds. The van der Waals surface area contributed by atoms with Crippen LogP contribution in [-0.4, -0.2) is 24.0 Å². The first kappa shape index (κ1) is 15.0. The van der Waals surface area contributed by atoms with Crippen LogP contribution >= 0.6 is 0 Å². The van der Waals surface area contributed by atoms with Gasteiger partial charge < -0.3 is 5.73 Å². The molecule has 2 N–H and O–H groups in total. The number of piperidine rings is 1. The van der Waals surface area contributed by atoms with E-state index in [0.717, 1.165) is 12.1 Å². The SMILES string of the molecule is CC1CCC(C)N(Cc2ccc(C#CCN)cc2F)C1. The van der Waals surface area contributed by atoms with E-state index in [1.54, 1.807) is 0 Å². The second-order valence-corrected chi connectivity index (χ2v) is 5.77. The third-order valence-corrected chi connectivity index (χ3v) is 4.01. The van der Waals surface area contributed by atoms with Crippen LogP contribution in [-0.2, 0) is 6.54 Å². The van der Waals surface area contributed by atoms with Gasteiger partial charge in [0.2, 0.25) is 0 Å². The number of hydrogen-bond acceptors (Lipinski definition) is 2. The highest BCUT2D eigenvalue weighted by Crippen LogP contribution is 2.24. The largest absolute Gasteiger partial charge is 0.320 e. The summed E-state index contributed by atoms with van der Waals surface area (Å²) in [7, 11) is 0. The standard InChI is InChI=1S/C17H23FN2/c1-13-5-6-14(2)20(11-13)12-16-8-7-15(4-3-9-19)10-17(16)18/h7-8,10,13-14H,5-6,9,11-12,19H2,1-2H3. The van der Waals surface area contributed by atoms with E-state index in [0.29, 0.717) is 30.6 Å². The van der Waals surface area contributed by atoms with E-state index in [1.807, 2.05) is 12.1 Å². The summed E-state index contributed by atoms with van der Waals surface area (Å²) in [5, 5.41) is 0. The summed E-state index contributed by atoms with van der Waals surface area (Å²) in [6, 6.07) is 5.76. The minimum atomic E-state index is -0.167. The van der Waals surface area contributed by atoms with Crippen molar-refractivity contribution in [2.24, 2.45) is 11.7 Å². The van der Waals surface area contributed by atoms with Gasteiger partial charge in [0, 0.05) is 30.3 Å². The Bertz CT molecular complexity index is 515. The Morgan fingerprint density at radius 3 is 2.85 bits per heavy atom. The normalized spacial score (nSPS) is 23.2. The minimum absolute atomic E-state index is 0.167. The van der Waals surface area contributed by atoms with E-state index in [9.17, 15) is 4.39 Å². The van der Waals surface area contributed by atoms with Crippen molar-refractivity contribution < 1.29 is 4.39 Å². The summed E-state index contributed by atoms with van der Waals surface area (Å²) in [4.78, 5) is 2.37. The lowest BCUT2D eigenvalue weighted by Crippen LogP contribution is -2.40. The summed E-state index contributed by atoms with van der Waals surface area (Å²) < 4.78 is 14.1. The zero-order valence-electron chi connectivity index (χ0n) is 12.3. The molecule has 0 radical (unpaired) electrons. The van der Waals surface area contributed by atoms with E-state index >= 15 is 0 Å². The second kappa shape index (κ2) is 6.88. The van der Waals surface area contributed by atoms with Gasteiger partial charge in [0.25, 0.3) is 0 Å². The Labute approximate surface area is 121 Å². The van der Waals surface area contributed by atoms with Gasteiger partial charge in [-0.1, -0.05) is 24.8 Å². The molecule has 1 aliphatic rings. The number of nitrogens with zero attached hydrogens (tertiary/aromatic N) is 1. The van der Waals surface area contributed by atoms with Crippen LogP contribution in [0.5, 0.6) is 0 Å². The molecule has 1 saturated heterocycles. The molecule has 1 fully saturated rings. The monoisotopic (exact) mass is 274 g/mol. The van der Waals surface area contributed by atoms with Gasteiger partial charge in [-0.15, -0.1) is 0 Å². The van der Waals surface area contributed by atoms with E-state index in [2.05, 4.69) is 30.6 Å². The lowest BCUT2D eigenvalue weighted by atomic mass is 9.94. The molecule has 2 rings (SSSR count). The average Bonchev–Trinajstić information content (AvgIpc) is 2.43. The first-order chi connectivity index (χ1) is 9.60. The molecule has 0 saturated carbocycles. The summed E-state index contributed by atoms with van der Waals surface area (Å²) in [6.45, 7) is 6.52. The van der Waals surface area contributed by atoms with Gasteiger partial charge in [0.05, 0.1) is 6.54 Å². The molecule has 0 aliphatic carbocycles. The van der Waals surface area contributed by atoms with E-state index < -0.39 is 0 Å². The summed E-state index contributed by atoms with van der Waals surface area (Å²) in [6.07, 6.45) is 2.47. The van der Waals surface area contributed by atoms with Crippen LogP contribution in [0, 0.1) is 23.6 Å². The zero-order chi connectivity index (χ0) is 14.5. The van der Waals surface area contributed by atoms with Crippen molar-refractivity contribution in [2.75, 3.05) is 13.1 Å². The molecule has 1 aromatic carbocycles. The smallest absolute Gasteiger partial charge is 0.128 e. The van der Waals surface area contributed by atoms with Gasteiger partial charge in [0.15, 0.2) is 0 Å². The van der Waals surface area contributed by atoms with Crippen molar-refractivity contribution in [3.05, 3.63) is 35.1 Å². The number of likely N-dealkylation sites (tertiary alicyclic amines) is 1. The van der Waals surface area contributed by atoms with Crippen LogP contribution in [0.3, 0.4) is 0 Å². The van der Waals surface area contributed by atoms with E-state index in [1.165, 1.54) is 18.9 Å². The van der Waals surface area contributed by atoms with Crippen molar-refractivity contribution >= 4 is 0 Å². The molecule has 3 heteroatoms. The second-order valence-electron chi connectivity index (χ2n) is 5.77. The predicted molar refractivity (Wildman–Crippen MR) is 80.6 cm³/mol. The highest BCUT2D eigenvalue weighted by molar-refractivity contribution is 5.37. The first-order valence-electron chi connectivity index (χ1n) is 7.31. The average molecular weight is 274 g/mol. The maximum Gasteiger partial charge on any atom is 0.128 e. The number of rotatable bonds is 2. The van der Waals surface area contributed by atoms with Gasteiger partial charge in [-0.3, -0.25) is 4.90 Å². The third kappa shape index (κ3) is 3.82. The van der Waals surface area contributed by atoms with Crippen molar-refractivity contribution in [3.8, 4) is 11.8 Å². The molecule has 1 heterocycles. The molecule has 1 aromatic rings. The molecule has 2 atom stereocenters. The maximum atomic E-state index is 14.1. The third-order valence-electron chi connectivity index (χ3n) is 4.01. The highest BCUT2D eigenvalue weighted by Gasteiger charge is 2.23. The fourth-order valence-electron chi connectivity index (χ4n) is 2.73. The Hall–Kier alpha value is -1.37. The Morgan fingerprint density at radius 2 is 2.15 bits per heavy atom. The van der Waals surface area contributed by atoms with Gasteiger partial charge in [0.1, 0.15) is 5.82 Å². The molecular formula is C17H23FN2. The topological polar surface area (TPSA) is 29.3 Å². The van der Waals surface area contributed by atoms with Gasteiger partial charge in [-0.05, 0) is 37.8 Å². The molecule has 2 nitrogen and oxygen atoms in total. The maximum absolute atomic E-state index is 14.1. The molecule has 20 heavy (non-hydrogen) atoms. The van der Waals surface area contributed by atoms with Crippen molar-refractivity contribution in [3.63, 3.8) is 0 Å². The molecule has 2 unspecified atom stereocenters. The molecule has 0 aromatic heterocycles. The Balaban J connectivity index is 2.09. The van der Waals surface area contributed by atoms with Crippen molar-refractivity contribution in [1.29, 1.82) is 0 Å². The summed E-state index contributed by atoms with van der Waals surface area (Å²) >= 11 is 0. The lowest BCUT2D eigenvalue weighted by molar-refractivity contribution is 0.116. The van der Waals surface area contributed by atoms with Crippen LogP contribution < -0.4 is 5.73 Å². The van der Waals surface area contributed by atoms with Gasteiger partial charge in [-0.2, -0.15) is 0 Å². The van der Waals surface area contributed by atoms with Crippen LogP contribution in [0.15, 0.2) is 18.2 Å². The first-order valence-corrected chi connectivity index (χ1v) is 7.31. The van der Waals surface area contributed by atoms with Crippen LogP contribution in [0.4, 0.5) is 4.39 Å². The van der Waals surface area contributed by atoms with Crippen LogP contribution in [0.25, 0.3) is 0 Å². The number of benzene rings is 1. The fourth-order valence-corrected chi connectivity index (χ4v) is 2.73. The molecular weight excluding hydrogens is 251 g/mol. The van der Waals surface area contributed by atoms with Gasteiger partial charge >= 0.3 is 0 Å². The summed E-state index contributed by atoms with van der Waals surface area (Å²) in [5.74, 6) is 6.14. The van der Waals surface area contributed by atoms with E-state index in [-0.39, 0.29) is 5.82 Å². The van der Waals surface area contributed by atoms with Crippen molar-refractivity contribution in [1.82, 2.24) is 4.90 Å². The number of halogens is 1. The summed E-state index contributed by atoms with van der Waals surface area (Å²) in [5.41, 5.74) is 6.77. The fraction of sp³-hybridized carbons (Fsp3) is 0.529. The van der Waals surface area contributed by atoms with Crippen LogP contribution in [0.1, 0.15) is 37.8 Å². The molecule has 108 valence electrons. The highest BCUT2D eigenvalue weighted by atomic mass is 19.1. The molecule has 0 spiro atoms. The molecule has 0 bridgehead atoms. The molecule has 1 aliphatic heterocycles. The number of hydrogen-bond donors (Lipinski definition) is 1. The van der Waals surface area contributed by atoms with Gasteiger partial charge in [-0.25, -0.2) is 4.39 Å². The van der Waals surface area contributed by atoms with E-state index in [4.69, 9.17) is 5.73 Å². The van der Waals surface area contributed by atoms with Crippen molar-refractivity contribution in [2.45, 2.75) is 39.3 Å². The predicted octanol–water partition coefficient (Wildman–Crippen LogP) is 2.76. The quantitative estimate of drug-likeness (QED) is 0.840. The minimum Gasteiger partial charge on any atom is -0.320 e. The zero-order valence-corrected chi connectivity index (χ0v) is 12.3. The Morgan fingerprint density at radius 1 is 1.35 bits per heavy atom. The number of nitrogens with two attached hydrogens (primary N) is 1. The Kier molecular flexibility index (Phi) is 5.17. The lowest BCUT2D eigenvalue weighted by Gasteiger charge is -2.36.